The molecular formula is C29H31NO3. The van der Waals surface area contributed by atoms with Crippen LogP contribution in [-0.2, 0) is 19.4 Å². The molecular weight excluding hydrogens is 410 g/mol. The number of ether oxygens (including phenoxy) is 3. The molecule has 1 unspecified atom stereocenters. The van der Waals surface area contributed by atoms with Crippen molar-refractivity contribution in [2.75, 3.05) is 20.3 Å². The topological polar surface area (TPSA) is 39.7 Å². The highest BCUT2D eigenvalue weighted by molar-refractivity contribution is 5.60. The van der Waals surface area contributed by atoms with Crippen LogP contribution in [0.2, 0.25) is 0 Å². The van der Waals surface area contributed by atoms with Gasteiger partial charge in [-0.05, 0) is 83.8 Å². The average molecular weight is 442 g/mol. The Morgan fingerprint density at radius 1 is 1.03 bits per heavy atom. The molecule has 0 radical (unpaired) electrons. The van der Waals surface area contributed by atoms with Gasteiger partial charge in [-0.3, -0.25) is 0 Å². The number of nitrogens with one attached hydrogen (secondary N) is 1. The van der Waals surface area contributed by atoms with Crippen molar-refractivity contribution in [3.05, 3.63) is 94.1 Å². The first-order valence-electron chi connectivity index (χ1n) is 11.8. The van der Waals surface area contributed by atoms with E-state index in [0.717, 1.165) is 55.2 Å². The minimum atomic E-state index is 0.137. The summed E-state index contributed by atoms with van der Waals surface area (Å²) in [6, 6.07) is 19.1. The first kappa shape index (κ1) is 21.6. The molecule has 0 aliphatic carbocycles. The van der Waals surface area contributed by atoms with Crippen LogP contribution >= 0.6 is 0 Å². The molecule has 33 heavy (non-hydrogen) atoms. The molecule has 0 bridgehead atoms. The highest BCUT2D eigenvalue weighted by Gasteiger charge is 2.21. The van der Waals surface area contributed by atoms with Crippen molar-refractivity contribution in [1.82, 2.24) is 5.32 Å². The second-order valence-corrected chi connectivity index (χ2v) is 8.79. The molecule has 4 nitrogen and oxygen atoms in total. The third-order valence-electron chi connectivity index (χ3n) is 6.52. The van der Waals surface area contributed by atoms with E-state index in [1.54, 1.807) is 7.11 Å². The number of rotatable bonds is 6. The molecule has 0 saturated heterocycles. The van der Waals surface area contributed by atoms with Crippen molar-refractivity contribution in [3.63, 3.8) is 0 Å². The van der Waals surface area contributed by atoms with E-state index in [1.165, 1.54) is 27.8 Å². The third kappa shape index (κ3) is 4.76. The van der Waals surface area contributed by atoms with Crippen LogP contribution in [-0.4, -0.2) is 20.3 Å². The lowest BCUT2D eigenvalue weighted by Crippen LogP contribution is -2.28. The summed E-state index contributed by atoms with van der Waals surface area (Å²) in [4.78, 5) is 0. The van der Waals surface area contributed by atoms with E-state index in [1.807, 2.05) is 18.2 Å². The van der Waals surface area contributed by atoms with Crippen molar-refractivity contribution in [2.45, 2.75) is 38.8 Å². The van der Waals surface area contributed by atoms with Crippen LogP contribution < -0.4 is 19.5 Å². The Labute approximate surface area is 196 Å². The molecule has 0 amide bonds. The molecule has 4 heteroatoms. The predicted molar refractivity (Wildman–Crippen MR) is 132 cm³/mol. The Morgan fingerprint density at radius 2 is 1.91 bits per heavy atom. The molecule has 0 spiro atoms. The van der Waals surface area contributed by atoms with E-state index < -0.39 is 0 Å². The van der Waals surface area contributed by atoms with Crippen LogP contribution in [0.5, 0.6) is 17.2 Å². The molecule has 170 valence electrons. The molecule has 3 aromatic carbocycles. The minimum absolute atomic E-state index is 0.137. The normalized spacial score (nSPS) is 17.2. The van der Waals surface area contributed by atoms with Gasteiger partial charge in [-0.15, -0.1) is 0 Å². The summed E-state index contributed by atoms with van der Waals surface area (Å²) in [5.41, 5.74) is 7.51. The summed E-state index contributed by atoms with van der Waals surface area (Å²) in [7, 11) is 1.71. The summed E-state index contributed by atoms with van der Waals surface area (Å²) in [6.45, 7) is 4.44. The van der Waals surface area contributed by atoms with Crippen LogP contribution in [0, 0.1) is 6.92 Å². The Balaban J connectivity index is 1.38. The quantitative estimate of drug-likeness (QED) is 0.524. The van der Waals surface area contributed by atoms with E-state index in [9.17, 15) is 0 Å². The molecule has 2 heterocycles. The van der Waals surface area contributed by atoms with Gasteiger partial charge in [-0.1, -0.05) is 42.5 Å². The monoisotopic (exact) mass is 441 g/mol. The maximum absolute atomic E-state index is 6.14. The van der Waals surface area contributed by atoms with Crippen molar-refractivity contribution in [2.24, 2.45) is 0 Å². The molecule has 0 aromatic heterocycles. The van der Waals surface area contributed by atoms with Crippen molar-refractivity contribution >= 4 is 6.08 Å². The van der Waals surface area contributed by atoms with E-state index in [4.69, 9.17) is 14.2 Å². The van der Waals surface area contributed by atoms with Crippen molar-refractivity contribution in [3.8, 4) is 17.2 Å². The minimum Gasteiger partial charge on any atom is -0.493 e. The van der Waals surface area contributed by atoms with Gasteiger partial charge in [0.15, 0.2) is 11.5 Å². The summed E-state index contributed by atoms with van der Waals surface area (Å²) in [5.74, 6) is 2.62. The lowest BCUT2D eigenvalue weighted by atomic mass is 9.92. The first-order chi connectivity index (χ1) is 16.2. The number of methoxy groups -OCH3 is 1. The van der Waals surface area contributed by atoms with Crippen LogP contribution in [0.1, 0.15) is 45.8 Å². The van der Waals surface area contributed by atoms with Gasteiger partial charge in [0.05, 0.1) is 19.8 Å². The molecule has 0 saturated carbocycles. The predicted octanol–water partition coefficient (Wildman–Crippen LogP) is 5.81. The fourth-order valence-corrected chi connectivity index (χ4v) is 4.67. The second-order valence-electron chi connectivity index (χ2n) is 8.79. The van der Waals surface area contributed by atoms with Crippen molar-refractivity contribution in [1.29, 1.82) is 0 Å². The smallest absolute Gasteiger partial charge is 0.161 e. The number of benzene rings is 3. The molecule has 1 atom stereocenters. The molecule has 5 rings (SSSR count). The molecule has 3 aromatic rings. The van der Waals surface area contributed by atoms with E-state index in [2.05, 4.69) is 60.8 Å². The number of hydrogen-bond acceptors (Lipinski definition) is 4. The number of fused-ring (bicyclic) bond motifs is 2. The largest absolute Gasteiger partial charge is 0.493 e. The average Bonchev–Trinajstić information content (AvgIpc) is 2.86. The van der Waals surface area contributed by atoms with Crippen LogP contribution in [0.4, 0.5) is 0 Å². The number of hydrogen-bond donors (Lipinski definition) is 1. The second kappa shape index (κ2) is 9.72. The fourth-order valence-electron chi connectivity index (χ4n) is 4.67. The van der Waals surface area contributed by atoms with Crippen LogP contribution in [0.3, 0.4) is 0 Å². The van der Waals surface area contributed by atoms with Gasteiger partial charge in [-0.25, -0.2) is 0 Å². The van der Waals surface area contributed by atoms with Crippen LogP contribution in [0.15, 0.2) is 60.7 Å². The highest BCUT2D eigenvalue weighted by atomic mass is 16.5. The van der Waals surface area contributed by atoms with Gasteiger partial charge < -0.3 is 19.5 Å². The Hall–Kier alpha value is -3.24. The zero-order valence-electron chi connectivity index (χ0n) is 19.4. The molecule has 1 N–H and O–H groups in total. The van der Waals surface area contributed by atoms with E-state index >= 15 is 0 Å². The molecule has 2 aliphatic rings. The lowest BCUT2D eigenvalue weighted by molar-refractivity contribution is 0.283. The zero-order valence-corrected chi connectivity index (χ0v) is 19.4. The van der Waals surface area contributed by atoms with Crippen molar-refractivity contribution < 1.29 is 14.2 Å². The third-order valence-corrected chi connectivity index (χ3v) is 6.52. The maximum atomic E-state index is 6.14. The van der Waals surface area contributed by atoms with Gasteiger partial charge in [0.2, 0.25) is 0 Å². The van der Waals surface area contributed by atoms with E-state index in [0.29, 0.717) is 6.61 Å². The Morgan fingerprint density at radius 3 is 2.76 bits per heavy atom. The standard InChI is InChI=1S/C29H31NO3/c1-20-15-27-24(9-6-14-32-27)16-22(20)10-11-26-25-18-28(31-2)29(17-23(25)12-13-30-26)33-19-21-7-4-3-5-8-21/h3-5,7-8,10-11,15-18,26,30H,6,9,12-14,19H2,1-2H3/b11-10+. The summed E-state index contributed by atoms with van der Waals surface area (Å²) in [6.07, 6.45) is 7.65. The summed E-state index contributed by atoms with van der Waals surface area (Å²) < 4.78 is 17.7. The summed E-state index contributed by atoms with van der Waals surface area (Å²) >= 11 is 0. The van der Waals surface area contributed by atoms with Crippen LogP contribution in [0.25, 0.3) is 6.08 Å². The van der Waals surface area contributed by atoms with E-state index in [-0.39, 0.29) is 6.04 Å². The Kier molecular flexibility index (Phi) is 6.36. The number of aryl methyl sites for hydroxylation is 2. The Bertz CT molecular complexity index is 1150. The van der Waals surface area contributed by atoms with Gasteiger partial charge in [0.1, 0.15) is 12.4 Å². The van der Waals surface area contributed by atoms with Gasteiger partial charge in [-0.2, -0.15) is 0 Å². The zero-order chi connectivity index (χ0) is 22.6. The van der Waals surface area contributed by atoms with Gasteiger partial charge in [0, 0.05) is 6.54 Å². The fraction of sp³-hybridized carbons (Fsp3) is 0.310. The van der Waals surface area contributed by atoms with Gasteiger partial charge in [0.25, 0.3) is 0 Å². The maximum Gasteiger partial charge on any atom is 0.161 e. The SMILES string of the molecule is COc1cc2c(cc1OCc1ccccc1)CCNC2/C=C/c1cc2c(cc1C)OCCC2. The van der Waals surface area contributed by atoms with Gasteiger partial charge >= 0.3 is 0 Å². The highest BCUT2D eigenvalue weighted by Crippen LogP contribution is 2.37. The molecule has 2 aliphatic heterocycles. The molecule has 0 fully saturated rings. The first-order valence-corrected chi connectivity index (χ1v) is 11.8. The lowest BCUT2D eigenvalue weighted by Gasteiger charge is -2.26. The summed E-state index contributed by atoms with van der Waals surface area (Å²) in [5, 5.41) is 3.65.